The van der Waals surface area contributed by atoms with Crippen LogP contribution in [0.15, 0.2) is 48.7 Å². The molecule has 1 aliphatic rings. The van der Waals surface area contributed by atoms with Crippen LogP contribution in [0, 0.1) is 6.92 Å². The molecule has 0 spiro atoms. The van der Waals surface area contributed by atoms with Crippen LogP contribution in [0.4, 0.5) is 28.8 Å². The zero-order chi connectivity index (χ0) is 20.9. The standard InChI is InChI=1S/C23H26ClN5O/c1-16-15-25-23(28-22(16)26-18-8-11-20(24)21(14-18)30-2)27-17-6-9-19(10-7-17)29-12-4-3-5-13-29/h6-11,14-15H,3-5,12-13H2,1-2H3,(H2,25,26,27,28). The van der Waals surface area contributed by atoms with E-state index >= 15 is 0 Å². The van der Waals surface area contributed by atoms with Crippen LogP contribution in [0.1, 0.15) is 24.8 Å². The molecule has 1 saturated heterocycles. The Balaban J connectivity index is 1.47. The van der Waals surface area contributed by atoms with Crippen LogP contribution in [0.2, 0.25) is 5.02 Å². The van der Waals surface area contributed by atoms with Gasteiger partial charge in [-0.15, -0.1) is 0 Å². The molecule has 1 aliphatic heterocycles. The summed E-state index contributed by atoms with van der Waals surface area (Å²) < 4.78 is 5.29. The lowest BCUT2D eigenvalue weighted by molar-refractivity contribution is 0.415. The second-order valence-corrected chi connectivity index (χ2v) is 7.83. The van der Waals surface area contributed by atoms with Crippen molar-refractivity contribution in [3.63, 3.8) is 0 Å². The third-order valence-corrected chi connectivity index (χ3v) is 5.54. The van der Waals surface area contributed by atoms with E-state index in [2.05, 4.69) is 49.8 Å². The van der Waals surface area contributed by atoms with E-state index in [1.807, 2.05) is 19.1 Å². The van der Waals surface area contributed by atoms with Gasteiger partial charge in [0.15, 0.2) is 0 Å². The Labute approximate surface area is 182 Å². The van der Waals surface area contributed by atoms with Gasteiger partial charge in [0.1, 0.15) is 11.6 Å². The predicted molar refractivity (Wildman–Crippen MR) is 124 cm³/mol. The number of rotatable bonds is 6. The highest BCUT2D eigenvalue weighted by molar-refractivity contribution is 6.32. The molecule has 30 heavy (non-hydrogen) atoms. The summed E-state index contributed by atoms with van der Waals surface area (Å²) in [5.74, 6) is 1.87. The number of methoxy groups -OCH3 is 1. The number of anilines is 5. The molecule has 0 unspecified atom stereocenters. The number of piperidine rings is 1. The highest BCUT2D eigenvalue weighted by Gasteiger charge is 2.11. The number of nitrogens with one attached hydrogen (secondary N) is 2. The molecular formula is C23H26ClN5O. The quantitative estimate of drug-likeness (QED) is 0.512. The van der Waals surface area contributed by atoms with E-state index in [0.29, 0.717) is 16.7 Å². The predicted octanol–water partition coefficient (Wildman–Crippen LogP) is 5.92. The van der Waals surface area contributed by atoms with Crippen molar-refractivity contribution in [3.05, 3.63) is 59.2 Å². The van der Waals surface area contributed by atoms with Gasteiger partial charge in [-0.2, -0.15) is 4.98 Å². The van der Waals surface area contributed by atoms with Gasteiger partial charge < -0.3 is 20.3 Å². The molecule has 156 valence electrons. The molecule has 3 aromatic rings. The van der Waals surface area contributed by atoms with E-state index < -0.39 is 0 Å². The fourth-order valence-corrected chi connectivity index (χ4v) is 3.73. The first-order valence-corrected chi connectivity index (χ1v) is 10.6. The Kier molecular flexibility index (Phi) is 6.23. The molecule has 0 atom stereocenters. The molecular weight excluding hydrogens is 398 g/mol. The number of aryl methyl sites for hydroxylation is 1. The minimum atomic E-state index is 0.537. The van der Waals surface area contributed by atoms with E-state index in [9.17, 15) is 0 Å². The second-order valence-electron chi connectivity index (χ2n) is 7.42. The summed E-state index contributed by atoms with van der Waals surface area (Å²) in [6.45, 7) is 4.24. The zero-order valence-corrected chi connectivity index (χ0v) is 18.0. The maximum atomic E-state index is 6.12. The van der Waals surface area contributed by atoms with Gasteiger partial charge in [0, 0.05) is 48.0 Å². The molecule has 0 radical (unpaired) electrons. The van der Waals surface area contributed by atoms with Crippen molar-refractivity contribution in [1.29, 1.82) is 0 Å². The van der Waals surface area contributed by atoms with Crippen molar-refractivity contribution < 1.29 is 4.74 Å². The maximum absolute atomic E-state index is 6.12. The largest absolute Gasteiger partial charge is 0.495 e. The molecule has 1 fully saturated rings. The topological polar surface area (TPSA) is 62.3 Å². The van der Waals surface area contributed by atoms with Gasteiger partial charge in [-0.3, -0.25) is 0 Å². The molecule has 1 aromatic heterocycles. The first-order valence-electron chi connectivity index (χ1n) is 10.2. The van der Waals surface area contributed by atoms with Crippen LogP contribution < -0.4 is 20.3 Å². The van der Waals surface area contributed by atoms with E-state index in [-0.39, 0.29) is 0 Å². The minimum Gasteiger partial charge on any atom is -0.495 e. The van der Waals surface area contributed by atoms with E-state index in [1.54, 1.807) is 19.4 Å². The van der Waals surface area contributed by atoms with Gasteiger partial charge in [0.25, 0.3) is 0 Å². The van der Waals surface area contributed by atoms with Crippen LogP contribution in [0.5, 0.6) is 5.75 Å². The SMILES string of the molecule is COc1cc(Nc2nc(Nc3ccc(N4CCCCC4)cc3)ncc2C)ccc1Cl. The van der Waals surface area contributed by atoms with E-state index in [1.165, 1.54) is 24.9 Å². The maximum Gasteiger partial charge on any atom is 0.229 e. The highest BCUT2D eigenvalue weighted by atomic mass is 35.5. The van der Waals surface area contributed by atoms with E-state index in [0.717, 1.165) is 35.8 Å². The number of nitrogens with zero attached hydrogens (tertiary/aromatic N) is 3. The number of hydrogen-bond acceptors (Lipinski definition) is 6. The molecule has 7 heteroatoms. The normalized spacial score (nSPS) is 13.8. The fourth-order valence-electron chi connectivity index (χ4n) is 3.54. The van der Waals surface area contributed by atoms with Crippen LogP contribution in [-0.4, -0.2) is 30.2 Å². The molecule has 0 bridgehead atoms. The van der Waals surface area contributed by atoms with E-state index in [4.69, 9.17) is 16.3 Å². The fraction of sp³-hybridized carbons (Fsp3) is 0.304. The van der Waals surface area contributed by atoms with Crippen LogP contribution in [0.25, 0.3) is 0 Å². The Bertz CT molecular complexity index is 1000. The molecule has 2 N–H and O–H groups in total. The van der Waals surface area contributed by atoms with Crippen molar-refractivity contribution in [3.8, 4) is 5.75 Å². The zero-order valence-electron chi connectivity index (χ0n) is 17.3. The van der Waals surface area contributed by atoms with Crippen LogP contribution >= 0.6 is 11.6 Å². The molecule has 2 aromatic carbocycles. The highest BCUT2D eigenvalue weighted by Crippen LogP contribution is 2.30. The molecule has 0 saturated carbocycles. The first-order chi connectivity index (χ1) is 14.6. The lowest BCUT2D eigenvalue weighted by Crippen LogP contribution is -2.29. The molecule has 0 amide bonds. The lowest BCUT2D eigenvalue weighted by atomic mass is 10.1. The average Bonchev–Trinajstić information content (AvgIpc) is 2.78. The van der Waals surface area contributed by atoms with Gasteiger partial charge >= 0.3 is 0 Å². The number of ether oxygens (including phenoxy) is 1. The van der Waals surface area contributed by atoms with Crippen molar-refractivity contribution >= 4 is 40.4 Å². The van der Waals surface area contributed by atoms with Gasteiger partial charge in [-0.05, 0) is 62.6 Å². The first kappa shape index (κ1) is 20.3. The summed E-state index contributed by atoms with van der Waals surface area (Å²) >= 11 is 6.12. The van der Waals surface area contributed by atoms with Crippen LogP contribution in [0.3, 0.4) is 0 Å². The Morgan fingerprint density at radius 1 is 0.967 bits per heavy atom. The van der Waals surface area contributed by atoms with Crippen LogP contribution in [-0.2, 0) is 0 Å². The summed E-state index contributed by atoms with van der Waals surface area (Å²) in [4.78, 5) is 11.5. The monoisotopic (exact) mass is 423 g/mol. The Hall–Kier alpha value is -2.99. The number of hydrogen-bond donors (Lipinski definition) is 2. The van der Waals surface area contributed by atoms with Gasteiger partial charge in [-0.25, -0.2) is 4.98 Å². The Morgan fingerprint density at radius 2 is 1.70 bits per heavy atom. The smallest absolute Gasteiger partial charge is 0.229 e. The molecule has 2 heterocycles. The average molecular weight is 424 g/mol. The number of aromatic nitrogens is 2. The molecule has 4 rings (SSSR count). The number of halogens is 1. The summed E-state index contributed by atoms with van der Waals surface area (Å²) in [6, 6.07) is 14.0. The lowest BCUT2D eigenvalue weighted by Gasteiger charge is -2.28. The third-order valence-electron chi connectivity index (χ3n) is 5.23. The van der Waals surface area contributed by atoms with Gasteiger partial charge in [0.2, 0.25) is 5.95 Å². The van der Waals surface area contributed by atoms with Crippen molar-refractivity contribution in [1.82, 2.24) is 9.97 Å². The Morgan fingerprint density at radius 3 is 2.43 bits per heavy atom. The summed E-state index contributed by atoms with van der Waals surface area (Å²) in [6.07, 6.45) is 5.67. The van der Waals surface area contributed by atoms with Crippen molar-refractivity contribution in [2.45, 2.75) is 26.2 Å². The minimum absolute atomic E-state index is 0.537. The summed E-state index contributed by atoms with van der Waals surface area (Å²) in [5, 5.41) is 7.18. The second kappa shape index (κ2) is 9.22. The molecule has 6 nitrogen and oxygen atoms in total. The van der Waals surface area contributed by atoms with Gasteiger partial charge in [-0.1, -0.05) is 11.6 Å². The van der Waals surface area contributed by atoms with Gasteiger partial charge in [0.05, 0.1) is 12.1 Å². The van der Waals surface area contributed by atoms with Crippen molar-refractivity contribution in [2.75, 3.05) is 35.7 Å². The summed E-state index contributed by atoms with van der Waals surface area (Å²) in [7, 11) is 1.60. The molecule has 0 aliphatic carbocycles. The van der Waals surface area contributed by atoms with Crippen molar-refractivity contribution in [2.24, 2.45) is 0 Å². The third kappa shape index (κ3) is 4.76. The number of benzene rings is 2. The summed E-state index contributed by atoms with van der Waals surface area (Å²) in [5.41, 5.74) is 4.01.